The highest BCUT2D eigenvalue weighted by Gasteiger charge is 2.34. The standard InChI is InChI=1S/C14H17FN2O3/c1-20-14(19)17-8-4-7-12(17)13(18)16-9-10-5-2-3-6-11(10)15/h2-3,5-6,12H,4,7-9H2,1H3,(H,16,18). The van der Waals surface area contributed by atoms with Crippen LogP contribution in [0.25, 0.3) is 0 Å². The Morgan fingerprint density at radius 1 is 1.45 bits per heavy atom. The van der Waals surface area contributed by atoms with Gasteiger partial charge in [-0.2, -0.15) is 0 Å². The molecule has 1 heterocycles. The Morgan fingerprint density at radius 2 is 2.20 bits per heavy atom. The van der Waals surface area contributed by atoms with E-state index >= 15 is 0 Å². The molecule has 0 aliphatic carbocycles. The van der Waals surface area contributed by atoms with E-state index in [2.05, 4.69) is 10.1 Å². The third-order valence-electron chi connectivity index (χ3n) is 3.38. The molecule has 1 atom stereocenters. The smallest absolute Gasteiger partial charge is 0.410 e. The Hall–Kier alpha value is -2.11. The number of amides is 2. The first-order valence-corrected chi connectivity index (χ1v) is 6.49. The average molecular weight is 280 g/mol. The van der Waals surface area contributed by atoms with E-state index in [4.69, 9.17) is 0 Å². The second-order valence-electron chi connectivity index (χ2n) is 4.63. The van der Waals surface area contributed by atoms with Crippen molar-refractivity contribution in [3.8, 4) is 0 Å². The maximum Gasteiger partial charge on any atom is 0.410 e. The topological polar surface area (TPSA) is 58.6 Å². The Bertz CT molecular complexity index is 507. The molecule has 1 fully saturated rings. The number of benzene rings is 1. The SMILES string of the molecule is COC(=O)N1CCCC1C(=O)NCc1ccccc1F. The fourth-order valence-electron chi connectivity index (χ4n) is 2.32. The Labute approximate surface area is 116 Å². The van der Waals surface area contributed by atoms with E-state index in [1.54, 1.807) is 18.2 Å². The van der Waals surface area contributed by atoms with Crippen molar-refractivity contribution in [2.45, 2.75) is 25.4 Å². The van der Waals surface area contributed by atoms with Gasteiger partial charge in [0.05, 0.1) is 7.11 Å². The number of ether oxygens (including phenoxy) is 1. The molecule has 2 rings (SSSR count). The summed E-state index contributed by atoms with van der Waals surface area (Å²) < 4.78 is 18.1. The van der Waals surface area contributed by atoms with Gasteiger partial charge in [0.25, 0.3) is 0 Å². The zero-order chi connectivity index (χ0) is 14.5. The summed E-state index contributed by atoms with van der Waals surface area (Å²) in [5.41, 5.74) is 0.420. The van der Waals surface area contributed by atoms with E-state index < -0.39 is 12.1 Å². The predicted molar refractivity (Wildman–Crippen MR) is 70.4 cm³/mol. The monoisotopic (exact) mass is 280 g/mol. The van der Waals surface area contributed by atoms with Gasteiger partial charge in [-0.25, -0.2) is 9.18 Å². The van der Waals surface area contributed by atoms with Crippen LogP contribution in [0.5, 0.6) is 0 Å². The summed E-state index contributed by atoms with van der Waals surface area (Å²) in [7, 11) is 1.29. The zero-order valence-electron chi connectivity index (χ0n) is 11.3. The maximum atomic E-state index is 13.4. The van der Waals surface area contributed by atoms with Crippen LogP contribution in [-0.2, 0) is 16.1 Å². The highest BCUT2D eigenvalue weighted by molar-refractivity contribution is 5.86. The fraction of sp³-hybridized carbons (Fsp3) is 0.429. The minimum atomic E-state index is -0.533. The molecule has 5 nitrogen and oxygen atoms in total. The van der Waals surface area contributed by atoms with Crippen molar-refractivity contribution >= 4 is 12.0 Å². The first kappa shape index (κ1) is 14.3. The van der Waals surface area contributed by atoms with Gasteiger partial charge in [0.1, 0.15) is 11.9 Å². The van der Waals surface area contributed by atoms with Crippen molar-refractivity contribution in [1.82, 2.24) is 10.2 Å². The van der Waals surface area contributed by atoms with Crippen LogP contribution in [0, 0.1) is 5.82 Å². The fourth-order valence-corrected chi connectivity index (χ4v) is 2.32. The second-order valence-corrected chi connectivity index (χ2v) is 4.63. The Kier molecular flexibility index (Phi) is 4.55. The number of nitrogens with zero attached hydrogens (tertiary/aromatic N) is 1. The van der Waals surface area contributed by atoms with Gasteiger partial charge in [-0.15, -0.1) is 0 Å². The molecule has 1 aromatic rings. The van der Waals surface area contributed by atoms with E-state index in [0.717, 1.165) is 6.42 Å². The minimum absolute atomic E-state index is 0.108. The zero-order valence-corrected chi connectivity index (χ0v) is 11.3. The molecule has 1 aliphatic rings. The Morgan fingerprint density at radius 3 is 2.90 bits per heavy atom. The van der Waals surface area contributed by atoms with Crippen LogP contribution in [0.3, 0.4) is 0 Å². The van der Waals surface area contributed by atoms with Crippen LogP contribution in [0.2, 0.25) is 0 Å². The number of carbonyl (C=O) groups is 2. The van der Waals surface area contributed by atoms with Gasteiger partial charge in [-0.1, -0.05) is 18.2 Å². The molecular weight excluding hydrogens is 263 g/mol. The van der Waals surface area contributed by atoms with Crippen molar-refractivity contribution in [2.24, 2.45) is 0 Å². The molecule has 0 spiro atoms. The maximum absolute atomic E-state index is 13.4. The van der Waals surface area contributed by atoms with Crippen LogP contribution in [0.1, 0.15) is 18.4 Å². The summed E-state index contributed by atoms with van der Waals surface area (Å²) in [6, 6.07) is 5.73. The Balaban J connectivity index is 1.95. The molecule has 1 saturated heterocycles. The lowest BCUT2D eigenvalue weighted by molar-refractivity contribution is -0.125. The largest absolute Gasteiger partial charge is 0.453 e. The van der Waals surface area contributed by atoms with E-state index in [-0.39, 0.29) is 18.3 Å². The summed E-state index contributed by atoms with van der Waals surface area (Å²) in [4.78, 5) is 25.0. The quantitative estimate of drug-likeness (QED) is 0.916. The van der Waals surface area contributed by atoms with Crippen molar-refractivity contribution in [3.63, 3.8) is 0 Å². The normalized spacial score (nSPS) is 17.9. The summed E-state index contributed by atoms with van der Waals surface area (Å²) in [5, 5.41) is 2.66. The lowest BCUT2D eigenvalue weighted by atomic mass is 10.2. The molecule has 6 heteroatoms. The molecule has 1 aromatic carbocycles. The van der Waals surface area contributed by atoms with Gasteiger partial charge >= 0.3 is 6.09 Å². The van der Waals surface area contributed by atoms with Crippen LogP contribution in [-0.4, -0.2) is 36.6 Å². The number of halogens is 1. The summed E-state index contributed by atoms with van der Waals surface area (Å²) in [6.07, 6.45) is 0.846. The number of rotatable bonds is 3. The molecule has 20 heavy (non-hydrogen) atoms. The van der Waals surface area contributed by atoms with Crippen LogP contribution in [0.15, 0.2) is 24.3 Å². The van der Waals surface area contributed by atoms with Crippen molar-refractivity contribution < 1.29 is 18.7 Å². The average Bonchev–Trinajstić information content (AvgIpc) is 2.94. The number of carbonyl (C=O) groups excluding carboxylic acids is 2. The van der Waals surface area contributed by atoms with E-state index in [1.165, 1.54) is 18.1 Å². The van der Waals surface area contributed by atoms with Crippen molar-refractivity contribution in [1.29, 1.82) is 0 Å². The van der Waals surface area contributed by atoms with Gasteiger partial charge in [-0.3, -0.25) is 9.69 Å². The highest BCUT2D eigenvalue weighted by Crippen LogP contribution is 2.18. The molecule has 1 N–H and O–H groups in total. The molecule has 2 amide bonds. The lowest BCUT2D eigenvalue weighted by Crippen LogP contribution is -2.45. The van der Waals surface area contributed by atoms with Crippen LogP contribution in [0.4, 0.5) is 9.18 Å². The molecule has 1 unspecified atom stereocenters. The van der Waals surface area contributed by atoms with E-state index in [0.29, 0.717) is 18.5 Å². The molecule has 0 radical (unpaired) electrons. The molecule has 0 saturated carbocycles. The van der Waals surface area contributed by atoms with Crippen molar-refractivity contribution in [3.05, 3.63) is 35.6 Å². The molecular formula is C14H17FN2O3. The van der Waals surface area contributed by atoms with Gasteiger partial charge in [-0.05, 0) is 18.9 Å². The molecule has 0 aromatic heterocycles. The first-order valence-electron chi connectivity index (χ1n) is 6.49. The third-order valence-corrected chi connectivity index (χ3v) is 3.38. The molecule has 1 aliphatic heterocycles. The third kappa shape index (κ3) is 3.07. The van der Waals surface area contributed by atoms with E-state index in [9.17, 15) is 14.0 Å². The second kappa shape index (κ2) is 6.36. The van der Waals surface area contributed by atoms with Gasteiger partial charge in [0.2, 0.25) is 5.91 Å². The van der Waals surface area contributed by atoms with Crippen LogP contribution < -0.4 is 5.32 Å². The lowest BCUT2D eigenvalue weighted by Gasteiger charge is -2.22. The predicted octanol–water partition coefficient (Wildman–Crippen LogP) is 1.67. The van der Waals surface area contributed by atoms with Gasteiger partial charge in [0, 0.05) is 18.7 Å². The minimum Gasteiger partial charge on any atom is -0.453 e. The number of methoxy groups -OCH3 is 1. The number of likely N-dealkylation sites (tertiary alicyclic amines) is 1. The van der Waals surface area contributed by atoms with Crippen LogP contribution >= 0.6 is 0 Å². The first-order chi connectivity index (χ1) is 9.63. The molecule has 0 bridgehead atoms. The van der Waals surface area contributed by atoms with Crippen molar-refractivity contribution in [2.75, 3.05) is 13.7 Å². The van der Waals surface area contributed by atoms with Gasteiger partial charge in [0.15, 0.2) is 0 Å². The number of hydrogen-bond donors (Lipinski definition) is 1. The number of hydrogen-bond acceptors (Lipinski definition) is 3. The highest BCUT2D eigenvalue weighted by atomic mass is 19.1. The summed E-state index contributed by atoms with van der Waals surface area (Å²) in [6.45, 7) is 0.613. The molecule has 108 valence electrons. The summed E-state index contributed by atoms with van der Waals surface area (Å²) >= 11 is 0. The van der Waals surface area contributed by atoms with E-state index in [1.807, 2.05) is 0 Å². The van der Waals surface area contributed by atoms with Gasteiger partial charge < -0.3 is 10.1 Å². The number of nitrogens with one attached hydrogen (secondary N) is 1. The summed E-state index contributed by atoms with van der Waals surface area (Å²) in [5.74, 6) is -0.639.